The summed E-state index contributed by atoms with van der Waals surface area (Å²) in [6.07, 6.45) is 2.52. The lowest BCUT2D eigenvalue weighted by Gasteiger charge is -2.47. The number of aryl methyl sites for hydroxylation is 1. The molecular formula is C54H45N3. The van der Waals surface area contributed by atoms with Crippen molar-refractivity contribution >= 4 is 27.9 Å². The molecule has 0 saturated carbocycles. The molecule has 1 aliphatic carbocycles. The first-order valence-corrected chi connectivity index (χ1v) is 20.1. The second-order valence-corrected chi connectivity index (χ2v) is 16.5. The van der Waals surface area contributed by atoms with E-state index < -0.39 is 0 Å². The van der Waals surface area contributed by atoms with Gasteiger partial charge in [-0.15, -0.1) is 0 Å². The Bertz CT molecular complexity index is 2850. The van der Waals surface area contributed by atoms with Crippen molar-refractivity contribution in [1.29, 1.82) is 0 Å². The van der Waals surface area contributed by atoms with Crippen molar-refractivity contribution < 1.29 is 0 Å². The van der Waals surface area contributed by atoms with Gasteiger partial charge in [0.1, 0.15) is 0 Å². The summed E-state index contributed by atoms with van der Waals surface area (Å²) in [7, 11) is 0. The second kappa shape index (κ2) is 13.6. The number of rotatable bonds is 6. The van der Waals surface area contributed by atoms with Crippen LogP contribution in [0.1, 0.15) is 67.5 Å². The third-order valence-corrected chi connectivity index (χ3v) is 12.3. The van der Waals surface area contributed by atoms with Gasteiger partial charge in [0.05, 0.1) is 17.3 Å². The molecule has 0 saturated heterocycles. The molecule has 2 bridgehead atoms. The average Bonchev–Trinajstić information content (AvgIpc) is 3.25. The maximum atomic E-state index is 5.32. The van der Waals surface area contributed by atoms with E-state index in [1.807, 2.05) is 18.2 Å². The summed E-state index contributed by atoms with van der Waals surface area (Å²) in [6.45, 7) is 11.6. The Kier molecular flexibility index (Phi) is 8.30. The molecule has 2 heterocycles. The van der Waals surface area contributed by atoms with Crippen molar-refractivity contribution in [3.05, 3.63) is 198 Å². The van der Waals surface area contributed by atoms with E-state index in [4.69, 9.17) is 9.97 Å². The van der Waals surface area contributed by atoms with Gasteiger partial charge in [0.15, 0.2) is 5.82 Å². The number of aromatic nitrogens is 2. The molecule has 8 aromatic rings. The predicted molar refractivity (Wildman–Crippen MR) is 239 cm³/mol. The fraction of sp³-hybridized carbons (Fsp3) is 0.148. The summed E-state index contributed by atoms with van der Waals surface area (Å²) in [5, 5.41) is 1.03. The van der Waals surface area contributed by atoms with E-state index in [0.29, 0.717) is 5.92 Å². The van der Waals surface area contributed by atoms with Crippen molar-refractivity contribution in [2.45, 2.75) is 52.0 Å². The van der Waals surface area contributed by atoms with Crippen LogP contribution in [0, 0.1) is 6.92 Å². The molecule has 0 spiro atoms. The van der Waals surface area contributed by atoms with Gasteiger partial charge in [-0.3, -0.25) is 0 Å². The molecule has 276 valence electrons. The Morgan fingerprint density at radius 3 is 1.96 bits per heavy atom. The van der Waals surface area contributed by atoms with Crippen LogP contribution in [-0.4, -0.2) is 9.97 Å². The van der Waals surface area contributed by atoms with Crippen molar-refractivity contribution in [2.24, 2.45) is 0 Å². The summed E-state index contributed by atoms with van der Waals surface area (Å²) in [4.78, 5) is 13.0. The zero-order chi connectivity index (χ0) is 38.8. The lowest BCUT2D eigenvalue weighted by molar-refractivity contribution is 0.634. The molecule has 1 aliphatic heterocycles. The third-order valence-electron chi connectivity index (χ3n) is 12.3. The van der Waals surface area contributed by atoms with Gasteiger partial charge in [-0.25, -0.2) is 9.97 Å². The van der Waals surface area contributed by atoms with Crippen LogP contribution in [0.3, 0.4) is 0 Å². The summed E-state index contributed by atoms with van der Waals surface area (Å²) in [6, 6.07) is 59.5. The van der Waals surface area contributed by atoms with Crippen molar-refractivity contribution in [2.75, 3.05) is 4.90 Å². The zero-order valence-electron chi connectivity index (χ0n) is 33.2. The normalized spacial score (nSPS) is 15.3. The minimum atomic E-state index is -0.160. The van der Waals surface area contributed by atoms with Crippen LogP contribution < -0.4 is 4.90 Å². The lowest BCUT2D eigenvalue weighted by atomic mass is 9.65. The van der Waals surface area contributed by atoms with Gasteiger partial charge in [0, 0.05) is 38.9 Å². The van der Waals surface area contributed by atoms with Crippen molar-refractivity contribution in [3.8, 4) is 44.9 Å². The fourth-order valence-corrected chi connectivity index (χ4v) is 9.25. The quantitative estimate of drug-likeness (QED) is 0.170. The van der Waals surface area contributed by atoms with E-state index in [2.05, 4.69) is 191 Å². The van der Waals surface area contributed by atoms with Gasteiger partial charge in [-0.2, -0.15) is 0 Å². The summed E-state index contributed by atoms with van der Waals surface area (Å²) < 4.78 is 0. The maximum absolute atomic E-state index is 5.32. The SMILES string of the molecule is Cc1ccc(-c2ccc3c(c2)C2=CC(c4ccccc4C2(C)C)N3c2ccc3nc(-c4ccccc4)nc(-c4ccc(-c5ccccc5)cc4)c3c2)cc1C(C)C. The zero-order valence-corrected chi connectivity index (χ0v) is 33.2. The second-order valence-electron chi connectivity index (χ2n) is 16.5. The largest absolute Gasteiger partial charge is 0.330 e. The Morgan fingerprint density at radius 2 is 1.21 bits per heavy atom. The summed E-state index contributed by atoms with van der Waals surface area (Å²) in [5.74, 6) is 1.18. The van der Waals surface area contributed by atoms with Crippen LogP contribution in [0.2, 0.25) is 0 Å². The number of benzene rings is 7. The first kappa shape index (κ1) is 34.9. The van der Waals surface area contributed by atoms with Gasteiger partial charge < -0.3 is 4.90 Å². The standard InChI is InChI=1S/C54H45N3/c1-34(2)44-30-40(21-20-35(44)3)41-26-29-50-45(31-41)48-33-51(43-18-12-13-19-47(43)54(48,4)5)57(50)42-27-28-49-46(32-42)52(56-53(55-49)39-16-10-7-11-17-39)38-24-22-37(23-25-38)36-14-8-6-9-15-36/h6-34,51H,1-5H3. The van der Waals surface area contributed by atoms with Gasteiger partial charge in [-0.1, -0.05) is 167 Å². The monoisotopic (exact) mass is 735 g/mol. The van der Waals surface area contributed by atoms with Gasteiger partial charge in [0.25, 0.3) is 0 Å². The number of allylic oxidation sites excluding steroid dienone is 1. The molecule has 0 N–H and O–H groups in total. The Hall–Kier alpha value is -6.58. The molecule has 0 amide bonds. The summed E-state index contributed by atoms with van der Waals surface area (Å²) >= 11 is 0. The van der Waals surface area contributed by atoms with Crippen LogP contribution in [0.15, 0.2) is 170 Å². The first-order chi connectivity index (χ1) is 27.7. The van der Waals surface area contributed by atoms with Crippen LogP contribution >= 0.6 is 0 Å². The van der Waals surface area contributed by atoms with E-state index in [-0.39, 0.29) is 11.5 Å². The minimum absolute atomic E-state index is 0.0325. The van der Waals surface area contributed by atoms with E-state index in [0.717, 1.165) is 39.2 Å². The highest BCUT2D eigenvalue weighted by atomic mass is 15.2. The van der Waals surface area contributed by atoms with Crippen LogP contribution in [0.25, 0.3) is 61.4 Å². The molecule has 1 unspecified atom stereocenters. The van der Waals surface area contributed by atoms with E-state index in [9.17, 15) is 0 Å². The van der Waals surface area contributed by atoms with Gasteiger partial charge in [0.2, 0.25) is 0 Å². The lowest BCUT2D eigenvalue weighted by Crippen LogP contribution is -2.36. The maximum Gasteiger partial charge on any atom is 0.160 e. The Balaban J connectivity index is 1.17. The molecule has 57 heavy (non-hydrogen) atoms. The molecule has 1 aromatic heterocycles. The number of hydrogen-bond donors (Lipinski definition) is 0. The van der Waals surface area contributed by atoms with Gasteiger partial charge in [-0.05, 0) is 93.3 Å². The molecule has 1 atom stereocenters. The fourth-order valence-electron chi connectivity index (χ4n) is 9.25. The molecular weight excluding hydrogens is 691 g/mol. The Morgan fingerprint density at radius 1 is 0.579 bits per heavy atom. The van der Waals surface area contributed by atoms with Crippen LogP contribution in [0.4, 0.5) is 11.4 Å². The third kappa shape index (κ3) is 5.88. The molecule has 10 rings (SSSR count). The molecule has 2 aliphatic rings. The Labute approximate surface area is 336 Å². The van der Waals surface area contributed by atoms with Crippen LogP contribution in [-0.2, 0) is 5.41 Å². The number of nitrogens with zero attached hydrogens (tertiary/aromatic N) is 3. The first-order valence-electron chi connectivity index (χ1n) is 20.1. The highest BCUT2D eigenvalue weighted by molar-refractivity contribution is 5.99. The predicted octanol–water partition coefficient (Wildman–Crippen LogP) is 14.3. The number of anilines is 2. The number of hydrogen-bond acceptors (Lipinski definition) is 3. The van der Waals surface area contributed by atoms with Gasteiger partial charge >= 0.3 is 0 Å². The molecule has 7 aromatic carbocycles. The smallest absolute Gasteiger partial charge is 0.160 e. The molecule has 0 radical (unpaired) electrons. The topological polar surface area (TPSA) is 29.0 Å². The molecule has 3 heteroatoms. The van der Waals surface area contributed by atoms with Crippen molar-refractivity contribution in [3.63, 3.8) is 0 Å². The highest BCUT2D eigenvalue weighted by Crippen LogP contribution is 2.56. The van der Waals surface area contributed by atoms with E-state index in [1.54, 1.807) is 0 Å². The molecule has 0 fully saturated rings. The van der Waals surface area contributed by atoms with E-state index in [1.165, 1.54) is 61.3 Å². The average molecular weight is 736 g/mol. The van der Waals surface area contributed by atoms with Crippen LogP contribution in [0.5, 0.6) is 0 Å². The number of fused-ring (bicyclic) bond motifs is 6. The van der Waals surface area contributed by atoms with Crippen molar-refractivity contribution in [1.82, 2.24) is 9.97 Å². The minimum Gasteiger partial charge on any atom is -0.330 e. The van der Waals surface area contributed by atoms with E-state index >= 15 is 0 Å². The molecule has 3 nitrogen and oxygen atoms in total. The highest BCUT2D eigenvalue weighted by Gasteiger charge is 2.42. The summed E-state index contributed by atoms with van der Waals surface area (Å²) in [5.41, 5.74) is 19.1.